The van der Waals surface area contributed by atoms with Crippen LogP contribution >= 0.6 is 0 Å². The summed E-state index contributed by atoms with van der Waals surface area (Å²) in [5.74, 6) is 2.77. The summed E-state index contributed by atoms with van der Waals surface area (Å²) >= 11 is 0. The van der Waals surface area contributed by atoms with Crippen molar-refractivity contribution < 1.29 is 4.74 Å². The zero-order valence-electron chi connectivity index (χ0n) is 15.2. The molecule has 0 amide bonds. The molecular formula is C21H29NO. The van der Waals surface area contributed by atoms with Gasteiger partial charge in [0.1, 0.15) is 11.5 Å². The Morgan fingerprint density at radius 2 is 1.26 bits per heavy atom. The van der Waals surface area contributed by atoms with Gasteiger partial charge in [-0.3, -0.25) is 0 Å². The number of anilines is 1. The van der Waals surface area contributed by atoms with Crippen molar-refractivity contribution in [1.29, 1.82) is 0 Å². The molecule has 0 aliphatic carbocycles. The van der Waals surface area contributed by atoms with Gasteiger partial charge < -0.3 is 10.1 Å². The van der Waals surface area contributed by atoms with Crippen molar-refractivity contribution in [3.05, 3.63) is 53.6 Å². The van der Waals surface area contributed by atoms with Crippen molar-refractivity contribution in [3.63, 3.8) is 0 Å². The van der Waals surface area contributed by atoms with Gasteiger partial charge in [0.15, 0.2) is 0 Å². The maximum absolute atomic E-state index is 6.30. The van der Waals surface area contributed by atoms with Crippen LogP contribution in [0.2, 0.25) is 0 Å². The molecule has 0 saturated carbocycles. The fourth-order valence-corrected chi connectivity index (χ4v) is 2.67. The Kier molecular flexibility index (Phi) is 5.70. The highest BCUT2D eigenvalue weighted by molar-refractivity contribution is 5.50. The number of rotatable bonds is 6. The van der Waals surface area contributed by atoms with Crippen LogP contribution in [0.25, 0.3) is 0 Å². The molecule has 2 rings (SSSR count). The zero-order valence-corrected chi connectivity index (χ0v) is 15.2. The number of hydrogen-bond acceptors (Lipinski definition) is 2. The lowest BCUT2D eigenvalue weighted by Gasteiger charge is -2.20. The summed E-state index contributed by atoms with van der Waals surface area (Å²) < 4.78 is 6.30. The zero-order chi connectivity index (χ0) is 17.0. The molecule has 0 aromatic heterocycles. The molecule has 0 fully saturated rings. The van der Waals surface area contributed by atoms with E-state index in [2.05, 4.69) is 77.2 Å². The van der Waals surface area contributed by atoms with Gasteiger partial charge in [0.25, 0.3) is 0 Å². The van der Waals surface area contributed by atoms with E-state index in [1.54, 1.807) is 0 Å². The fraction of sp³-hybridized carbons (Fsp3) is 0.429. The maximum atomic E-state index is 6.30. The second kappa shape index (κ2) is 7.54. The summed E-state index contributed by atoms with van der Waals surface area (Å²) in [6.07, 6.45) is 0. The van der Waals surface area contributed by atoms with Gasteiger partial charge in [0, 0.05) is 11.7 Å². The molecule has 2 heteroatoms. The Balaban J connectivity index is 2.31. The van der Waals surface area contributed by atoms with Crippen molar-refractivity contribution in [2.45, 2.75) is 59.4 Å². The van der Waals surface area contributed by atoms with Crippen LogP contribution in [-0.4, -0.2) is 6.04 Å². The van der Waals surface area contributed by atoms with E-state index in [9.17, 15) is 0 Å². The molecule has 1 N–H and O–H groups in total. The van der Waals surface area contributed by atoms with Crippen molar-refractivity contribution in [3.8, 4) is 11.5 Å². The summed E-state index contributed by atoms with van der Waals surface area (Å²) in [5.41, 5.74) is 3.65. The number of ether oxygens (including phenoxy) is 1. The Bertz CT molecular complexity index is 601. The minimum atomic E-state index is 0.427. The van der Waals surface area contributed by atoms with Crippen LogP contribution in [-0.2, 0) is 0 Å². The van der Waals surface area contributed by atoms with Crippen LogP contribution < -0.4 is 10.1 Å². The number of para-hydroxylation sites is 1. The van der Waals surface area contributed by atoms with Crippen molar-refractivity contribution >= 4 is 5.69 Å². The second-order valence-corrected chi connectivity index (χ2v) is 7.00. The summed E-state index contributed by atoms with van der Waals surface area (Å²) in [6.45, 7) is 13.1. The maximum Gasteiger partial charge on any atom is 0.134 e. The topological polar surface area (TPSA) is 21.3 Å². The minimum Gasteiger partial charge on any atom is -0.457 e. The lowest BCUT2D eigenvalue weighted by atomic mass is 9.94. The first-order chi connectivity index (χ1) is 10.9. The highest BCUT2D eigenvalue weighted by Gasteiger charge is 2.15. The van der Waals surface area contributed by atoms with Crippen molar-refractivity contribution in [2.75, 3.05) is 5.32 Å². The van der Waals surface area contributed by atoms with Gasteiger partial charge in [0.05, 0.1) is 0 Å². The van der Waals surface area contributed by atoms with Crippen LogP contribution in [0.1, 0.15) is 64.5 Å². The van der Waals surface area contributed by atoms with E-state index in [-0.39, 0.29) is 0 Å². The Hall–Kier alpha value is -1.96. The first-order valence-corrected chi connectivity index (χ1v) is 8.55. The molecule has 0 bridgehead atoms. The van der Waals surface area contributed by atoms with Crippen LogP contribution in [0.3, 0.4) is 0 Å². The van der Waals surface area contributed by atoms with Gasteiger partial charge in [-0.2, -0.15) is 0 Å². The number of nitrogens with one attached hydrogen (secondary N) is 1. The third kappa shape index (κ3) is 4.51. The molecule has 0 heterocycles. The highest BCUT2D eigenvalue weighted by Crippen LogP contribution is 2.37. The van der Waals surface area contributed by atoms with Gasteiger partial charge in [-0.15, -0.1) is 0 Å². The van der Waals surface area contributed by atoms with E-state index in [0.29, 0.717) is 17.9 Å². The molecule has 0 unspecified atom stereocenters. The molecule has 0 saturated heterocycles. The summed E-state index contributed by atoms with van der Waals surface area (Å²) in [4.78, 5) is 0. The average molecular weight is 311 g/mol. The van der Waals surface area contributed by atoms with Crippen LogP contribution in [0.4, 0.5) is 5.69 Å². The molecular weight excluding hydrogens is 282 g/mol. The number of benzene rings is 2. The van der Waals surface area contributed by atoms with Crippen LogP contribution in [0.15, 0.2) is 42.5 Å². The number of hydrogen-bond donors (Lipinski definition) is 1. The van der Waals surface area contributed by atoms with Crippen LogP contribution in [0, 0.1) is 0 Å². The smallest absolute Gasteiger partial charge is 0.134 e. The molecule has 0 aliphatic heterocycles. The standard InChI is InChI=1S/C21H29NO/c1-14(2)19-8-7-9-20(15(3)4)21(19)23-18-12-10-17(11-13-18)22-16(5)6/h7-16,22H,1-6H3. The molecule has 2 aromatic rings. The molecule has 0 atom stereocenters. The lowest BCUT2D eigenvalue weighted by Crippen LogP contribution is -2.09. The second-order valence-electron chi connectivity index (χ2n) is 7.00. The molecule has 0 spiro atoms. The van der Waals surface area contributed by atoms with E-state index in [1.807, 2.05) is 12.1 Å². The summed E-state index contributed by atoms with van der Waals surface area (Å²) in [7, 11) is 0. The Morgan fingerprint density at radius 3 is 1.70 bits per heavy atom. The first-order valence-electron chi connectivity index (χ1n) is 8.55. The molecule has 2 aromatic carbocycles. The van der Waals surface area contributed by atoms with E-state index in [4.69, 9.17) is 4.74 Å². The average Bonchev–Trinajstić information content (AvgIpc) is 2.48. The third-order valence-corrected chi connectivity index (χ3v) is 3.85. The van der Waals surface area contributed by atoms with Crippen molar-refractivity contribution in [2.24, 2.45) is 0 Å². The summed E-state index contributed by atoms with van der Waals surface area (Å²) in [6, 6.07) is 15.1. The molecule has 0 aliphatic rings. The Labute approximate surface area is 140 Å². The highest BCUT2D eigenvalue weighted by atomic mass is 16.5. The Morgan fingerprint density at radius 1 is 0.739 bits per heavy atom. The molecule has 0 radical (unpaired) electrons. The SMILES string of the molecule is CC(C)Nc1ccc(Oc2c(C(C)C)cccc2C(C)C)cc1. The van der Waals surface area contributed by atoms with E-state index < -0.39 is 0 Å². The predicted octanol–water partition coefficient (Wildman–Crippen LogP) is 6.55. The molecule has 124 valence electrons. The largest absolute Gasteiger partial charge is 0.457 e. The van der Waals surface area contributed by atoms with Crippen molar-refractivity contribution in [1.82, 2.24) is 0 Å². The van der Waals surface area contributed by atoms with Crippen LogP contribution in [0.5, 0.6) is 11.5 Å². The first kappa shape index (κ1) is 17.4. The lowest BCUT2D eigenvalue weighted by molar-refractivity contribution is 0.463. The van der Waals surface area contributed by atoms with E-state index in [0.717, 1.165) is 17.2 Å². The fourth-order valence-electron chi connectivity index (χ4n) is 2.67. The van der Waals surface area contributed by atoms with Gasteiger partial charge >= 0.3 is 0 Å². The molecule has 2 nitrogen and oxygen atoms in total. The van der Waals surface area contributed by atoms with Gasteiger partial charge in [-0.1, -0.05) is 45.9 Å². The van der Waals surface area contributed by atoms with E-state index >= 15 is 0 Å². The van der Waals surface area contributed by atoms with E-state index in [1.165, 1.54) is 11.1 Å². The van der Waals surface area contributed by atoms with Gasteiger partial charge in [-0.05, 0) is 61.1 Å². The quantitative estimate of drug-likeness (QED) is 0.653. The summed E-state index contributed by atoms with van der Waals surface area (Å²) in [5, 5.41) is 3.40. The normalized spacial score (nSPS) is 11.3. The third-order valence-electron chi connectivity index (χ3n) is 3.85. The van der Waals surface area contributed by atoms with Gasteiger partial charge in [-0.25, -0.2) is 0 Å². The monoisotopic (exact) mass is 311 g/mol. The molecule has 23 heavy (non-hydrogen) atoms. The van der Waals surface area contributed by atoms with Gasteiger partial charge in [0.2, 0.25) is 0 Å². The predicted molar refractivity (Wildman–Crippen MR) is 99.9 cm³/mol. The minimum absolute atomic E-state index is 0.427.